The first kappa shape index (κ1) is 22.0. The van der Waals surface area contributed by atoms with Gasteiger partial charge in [0, 0.05) is 41.8 Å². The predicted molar refractivity (Wildman–Crippen MR) is 134 cm³/mol. The van der Waals surface area contributed by atoms with Crippen LogP contribution in [0.5, 0.6) is 0 Å². The molecule has 4 aromatic rings. The highest BCUT2D eigenvalue weighted by atomic mass is 16.5. The molecule has 0 unspecified atom stereocenters. The van der Waals surface area contributed by atoms with Crippen LogP contribution in [0.1, 0.15) is 35.0 Å². The fourth-order valence-electron chi connectivity index (χ4n) is 4.65. The molecule has 1 aromatic heterocycles. The van der Waals surface area contributed by atoms with Gasteiger partial charge in [-0.15, -0.1) is 0 Å². The number of carbonyl (C=O) groups excluding carboxylic acids is 2. The van der Waals surface area contributed by atoms with Crippen molar-refractivity contribution in [3.63, 3.8) is 0 Å². The third-order valence-electron chi connectivity index (χ3n) is 6.24. The minimum Gasteiger partial charge on any atom is -0.452 e. The molecular formula is C28H27N3O3. The molecule has 1 aliphatic heterocycles. The van der Waals surface area contributed by atoms with E-state index in [2.05, 4.69) is 17.1 Å². The van der Waals surface area contributed by atoms with Crippen molar-refractivity contribution in [2.75, 3.05) is 25.0 Å². The first-order valence-electron chi connectivity index (χ1n) is 11.7. The summed E-state index contributed by atoms with van der Waals surface area (Å²) in [6.45, 7) is 4.35. The number of carbonyl (C=O) groups is 2. The summed E-state index contributed by atoms with van der Waals surface area (Å²) in [4.78, 5) is 33.0. The topological polar surface area (TPSA) is 71.5 Å². The van der Waals surface area contributed by atoms with E-state index in [0.717, 1.165) is 58.9 Å². The standard InChI is InChI=1S/C28H27N3O3/c1-2-14-31-15-13-25-23(17-31)27(22-9-5-6-10-24(22)30-25)28(33)34-18-26(32)29-21-12-11-19-7-3-4-8-20(19)16-21/h3-12,16H,2,13-15,17-18H2,1H3,(H,29,32). The molecule has 0 saturated carbocycles. The fraction of sp³-hybridized carbons (Fsp3) is 0.250. The molecule has 0 atom stereocenters. The molecule has 0 bridgehead atoms. The van der Waals surface area contributed by atoms with Crippen LogP contribution in [0.3, 0.4) is 0 Å². The van der Waals surface area contributed by atoms with Crippen LogP contribution in [0.15, 0.2) is 66.7 Å². The Balaban J connectivity index is 1.35. The second kappa shape index (κ2) is 9.61. The second-order valence-electron chi connectivity index (χ2n) is 8.64. The fourth-order valence-corrected chi connectivity index (χ4v) is 4.65. The predicted octanol–water partition coefficient (Wildman–Crippen LogP) is 4.95. The van der Waals surface area contributed by atoms with E-state index in [9.17, 15) is 9.59 Å². The van der Waals surface area contributed by atoms with E-state index in [-0.39, 0.29) is 12.5 Å². The highest BCUT2D eigenvalue weighted by Crippen LogP contribution is 2.29. The van der Waals surface area contributed by atoms with Crippen molar-refractivity contribution < 1.29 is 14.3 Å². The van der Waals surface area contributed by atoms with Gasteiger partial charge in [-0.25, -0.2) is 4.79 Å². The number of aromatic nitrogens is 1. The molecule has 6 heteroatoms. The second-order valence-corrected chi connectivity index (χ2v) is 8.64. The van der Waals surface area contributed by atoms with Gasteiger partial charge < -0.3 is 10.1 Å². The molecule has 1 amide bonds. The Labute approximate surface area is 198 Å². The SMILES string of the molecule is CCCN1CCc2nc3ccccc3c(C(=O)OCC(=O)Nc3ccc4ccccc4c3)c2C1. The van der Waals surface area contributed by atoms with Crippen molar-refractivity contribution in [3.8, 4) is 0 Å². The number of nitrogens with one attached hydrogen (secondary N) is 1. The number of fused-ring (bicyclic) bond motifs is 3. The van der Waals surface area contributed by atoms with Gasteiger partial charge >= 0.3 is 5.97 Å². The minimum absolute atomic E-state index is 0.351. The molecule has 172 valence electrons. The van der Waals surface area contributed by atoms with E-state index >= 15 is 0 Å². The number of amides is 1. The zero-order chi connectivity index (χ0) is 23.5. The summed E-state index contributed by atoms with van der Waals surface area (Å²) in [5.41, 5.74) is 3.83. The summed E-state index contributed by atoms with van der Waals surface area (Å²) < 4.78 is 5.52. The smallest absolute Gasteiger partial charge is 0.339 e. The Hall–Kier alpha value is -3.77. The lowest BCUT2D eigenvalue weighted by Gasteiger charge is -2.29. The number of hydrogen-bond acceptors (Lipinski definition) is 5. The van der Waals surface area contributed by atoms with Gasteiger partial charge in [0.05, 0.1) is 11.1 Å². The number of pyridine rings is 1. The Bertz CT molecular complexity index is 1380. The highest BCUT2D eigenvalue weighted by Gasteiger charge is 2.26. The molecule has 0 fully saturated rings. The molecule has 1 N–H and O–H groups in total. The number of hydrogen-bond donors (Lipinski definition) is 1. The lowest BCUT2D eigenvalue weighted by Crippen LogP contribution is -2.33. The molecular weight excluding hydrogens is 426 g/mol. The number of ether oxygens (including phenoxy) is 1. The molecule has 6 nitrogen and oxygen atoms in total. The maximum Gasteiger partial charge on any atom is 0.339 e. The van der Waals surface area contributed by atoms with E-state index in [4.69, 9.17) is 9.72 Å². The Morgan fingerprint density at radius 3 is 2.68 bits per heavy atom. The van der Waals surface area contributed by atoms with Crippen LogP contribution in [-0.2, 0) is 22.5 Å². The van der Waals surface area contributed by atoms with Crippen LogP contribution in [0.2, 0.25) is 0 Å². The summed E-state index contributed by atoms with van der Waals surface area (Å²) in [6.07, 6.45) is 1.84. The Morgan fingerprint density at radius 1 is 1.03 bits per heavy atom. The molecule has 1 aliphatic rings. The molecule has 2 heterocycles. The molecule has 3 aromatic carbocycles. The Kier molecular flexibility index (Phi) is 6.23. The van der Waals surface area contributed by atoms with Crippen molar-refractivity contribution in [3.05, 3.63) is 83.6 Å². The van der Waals surface area contributed by atoms with Crippen molar-refractivity contribution in [2.45, 2.75) is 26.3 Å². The number of nitrogens with zero attached hydrogens (tertiary/aromatic N) is 2. The highest BCUT2D eigenvalue weighted by molar-refractivity contribution is 6.06. The normalized spacial score (nSPS) is 13.6. The summed E-state index contributed by atoms with van der Waals surface area (Å²) in [5, 5.41) is 5.72. The number of benzene rings is 3. The Morgan fingerprint density at radius 2 is 1.82 bits per heavy atom. The average molecular weight is 454 g/mol. The van der Waals surface area contributed by atoms with Crippen molar-refractivity contribution in [1.82, 2.24) is 9.88 Å². The van der Waals surface area contributed by atoms with E-state index < -0.39 is 5.97 Å². The van der Waals surface area contributed by atoms with E-state index in [0.29, 0.717) is 17.8 Å². The summed E-state index contributed by atoms with van der Waals surface area (Å²) in [7, 11) is 0. The lowest BCUT2D eigenvalue weighted by molar-refractivity contribution is -0.119. The number of rotatable bonds is 6. The molecule has 0 aliphatic carbocycles. The van der Waals surface area contributed by atoms with Crippen LogP contribution in [0.4, 0.5) is 5.69 Å². The van der Waals surface area contributed by atoms with Gasteiger partial charge in [0.25, 0.3) is 5.91 Å². The number of anilines is 1. The zero-order valence-corrected chi connectivity index (χ0v) is 19.2. The quantitative estimate of drug-likeness (QED) is 0.418. The average Bonchev–Trinajstić information content (AvgIpc) is 2.86. The first-order chi connectivity index (χ1) is 16.6. The van der Waals surface area contributed by atoms with Gasteiger partial charge in [-0.05, 0) is 41.9 Å². The van der Waals surface area contributed by atoms with Crippen LogP contribution in [0.25, 0.3) is 21.7 Å². The first-order valence-corrected chi connectivity index (χ1v) is 11.7. The monoisotopic (exact) mass is 453 g/mol. The maximum absolute atomic E-state index is 13.3. The van der Waals surface area contributed by atoms with Gasteiger partial charge in [-0.2, -0.15) is 0 Å². The lowest BCUT2D eigenvalue weighted by atomic mass is 9.95. The van der Waals surface area contributed by atoms with E-state index in [1.807, 2.05) is 66.7 Å². The van der Waals surface area contributed by atoms with E-state index in [1.54, 1.807) is 0 Å². The van der Waals surface area contributed by atoms with E-state index in [1.165, 1.54) is 0 Å². The summed E-state index contributed by atoms with van der Waals surface area (Å²) in [6, 6.07) is 21.3. The number of esters is 1. The minimum atomic E-state index is -0.484. The molecule has 34 heavy (non-hydrogen) atoms. The van der Waals surface area contributed by atoms with Crippen molar-refractivity contribution in [1.29, 1.82) is 0 Å². The van der Waals surface area contributed by atoms with Crippen LogP contribution >= 0.6 is 0 Å². The van der Waals surface area contributed by atoms with Gasteiger partial charge in [-0.1, -0.05) is 55.5 Å². The molecule has 0 saturated heterocycles. The summed E-state index contributed by atoms with van der Waals surface area (Å²) >= 11 is 0. The van der Waals surface area contributed by atoms with Gasteiger partial charge in [0.1, 0.15) is 0 Å². The van der Waals surface area contributed by atoms with Crippen molar-refractivity contribution in [2.24, 2.45) is 0 Å². The zero-order valence-electron chi connectivity index (χ0n) is 19.2. The van der Waals surface area contributed by atoms with Crippen molar-refractivity contribution >= 4 is 39.2 Å². The van der Waals surface area contributed by atoms with Gasteiger partial charge in [0.2, 0.25) is 0 Å². The third-order valence-corrected chi connectivity index (χ3v) is 6.24. The molecule has 5 rings (SSSR count). The van der Waals surface area contributed by atoms with Crippen LogP contribution in [0, 0.1) is 0 Å². The van der Waals surface area contributed by atoms with Crippen LogP contribution in [-0.4, -0.2) is 41.5 Å². The third kappa shape index (κ3) is 4.50. The summed E-state index contributed by atoms with van der Waals surface area (Å²) in [5.74, 6) is -0.856. The molecule has 0 radical (unpaired) electrons. The van der Waals surface area contributed by atoms with Crippen LogP contribution < -0.4 is 5.32 Å². The van der Waals surface area contributed by atoms with Gasteiger partial charge in [0.15, 0.2) is 6.61 Å². The largest absolute Gasteiger partial charge is 0.452 e. The molecule has 0 spiro atoms. The maximum atomic E-state index is 13.3. The number of para-hydroxylation sites is 1. The van der Waals surface area contributed by atoms with Gasteiger partial charge in [-0.3, -0.25) is 14.7 Å².